The van der Waals surface area contributed by atoms with Crippen molar-refractivity contribution in [3.8, 4) is 0 Å². The minimum Gasteiger partial charge on any atom is -0.352 e. The first-order valence-corrected chi connectivity index (χ1v) is 12.4. The molecule has 0 unspecified atom stereocenters. The van der Waals surface area contributed by atoms with E-state index in [0.717, 1.165) is 36.7 Å². The van der Waals surface area contributed by atoms with E-state index in [1.54, 1.807) is 12.1 Å². The molecule has 2 aromatic carbocycles. The first-order chi connectivity index (χ1) is 16.6. The van der Waals surface area contributed by atoms with Gasteiger partial charge in [0.1, 0.15) is 12.4 Å². The molecule has 0 spiro atoms. The highest BCUT2D eigenvalue weighted by atomic mass is 32.2. The second kappa shape index (κ2) is 9.84. The number of amides is 2. The number of imidazole rings is 1. The number of nitrogens with zero attached hydrogens (tertiary/aromatic N) is 4. The molecule has 1 fully saturated rings. The van der Waals surface area contributed by atoms with Crippen molar-refractivity contribution in [3.63, 3.8) is 0 Å². The lowest BCUT2D eigenvalue weighted by molar-refractivity contribution is -0.122. The molecule has 0 aliphatic heterocycles. The van der Waals surface area contributed by atoms with E-state index in [2.05, 4.69) is 20.8 Å². The molecule has 34 heavy (non-hydrogen) atoms. The summed E-state index contributed by atoms with van der Waals surface area (Å²) in [5.41, 5.74) is 1.86. The van der Waals surface area contributed by atoms with E-state index in [1.165, 1.54) is 30.3 Å². The van der Waals surface area contributed by atoms with Crippen LogP contribution in [0.1, 0.15) is 32.1 Å². The summed E-state index contributed by atoms with van der Waals surface area (Å²) < 4.78 is 17.5. The number of carbonyl (C=O) groups excluding carboxylic acids is 2. The van der Waals surface area contributed by atoms with Crippen molar-refractivity contribution in [1.29, 1.82) is 0 Å². The average molecular weight is 481 g/mol. The van der Waals surface area contributed by atoms with Crippen molar-refractivity contribution < 1.29 is 14.0 Å². The number of rotatable bonds is 7. The van der Waals surface area contributed by atoms with Gasteiger partial charge in [-0.3, -0.25) is 18.6 Å². The van der Waals surface area contributed by atoms with Gasteiger partial charge in [0, 0.05) is 6.04 Å². The van der Waals surface area contributed by atoms with Crippen LogP contribution >= 0.6 is 11.8 Å². The van der Waals surface area contributed by atoms with Gasteiger partial charge in [-0.15, -0.1) is 10.2 Å². The third-order valence-electron chi connectivity index (χ3n) is 6.02. The predicted molar refractivity (Wildman–Crippen MR) is 129 cm³/mol. The van der Waals surface area contributed by atoms with E-state index >= 15 is 0 Å². The van der Waals surface area contributed by atoms with Crippen molar-refractivity contribution in [1.82, 2.24) is 24.5 Å². The summed E-state index contributed by atoms with van der Waals surface area (Å²) in [5.74, 6) is -0.298. The van der Waals surface area contributed by atoms with Crippen LogP contribution in [-0.2, 0) is 16.1 Å². The summed E-state index contributed by atoms with van der Waals surface area (Å²) in [6.45, 7) is 0.143. The second-order valence-electron chi connectivity index (χ2n) is 8.41. The maximum atomic E-state index is 13.8. The molecule has 2 amide bonds. The van der Waals surface area contributed by atoms with Gasteiger partial charge in [0.2, 0.25) is 17.6 Å². The van der Waals surface area contributed by atoms with Crippen molar-refractivity contribution in [2.24, 2.45) is 0 Å². The molecule has 8 nitrogen and oxygen atoms in total. The normalized spacial score (nSPS) is 14.5. The Balaban J connectivity index is 1.35. The summed E-state index contributed by atoms with van der Waals surface area (Å²) >= 11 is 1.21. The summed E-state index contributed by atoms with van der Waals surface area (Å²) in [5, 5.41) is 14.8. The molecule has 2 heterocycles. The Labute approximate surface area is 199 Å². The Morgan fingerprint density at radius 2 is 1.71 bits per heavy atom. The van der Waals surface area contributed by atoms with E-state index in [4.69, 9.17) is 0 Å². The summed E-state index contributed by atoms with van der Waals surface area (Å²) in [4.78, 5) is 25.2. The van der Waals surface area contributed by atoms with Crippen LogP contribution in [-0.4, -0.2) is 42.8 Å². The summed E-state index contributed by atoms with van der Waals surface area (Å²) in [6, 6.07) is 14.0. The molecule has 1 aliphatic carbocycles. The highest BCUT2D eigenvalue weighted by molar-refractivity contribution is 7.99. The first-order valence-electron chi connectivity index (χ1n) is 11.4. The molecule has 1 aliphatic rings. The number of carbonyl (C=O) groups is 2. The zero-order chi connectivity index (χ0) is 23.5. The van der Waals surface area contributed by atoms with Gasteiger partial charge < -0.3 is 10.6 Å². The van der Waals surface area contributed by atoms with E-state index in [0.29, 0.717) is 10.9 Å². The van der Waals surface area contributed by atoms with E-state index in [1.807, 2.05) is 33.2 Å². The van der Waals surface area contributed by atoms with Crippen LogP contribution in [0.15, 0.2) is 53.7 Å². The SMILES string of the molecule is O=C(CSc1nnc2n(CC(=O)NC3CCCCC3)c3ccccc3n12)Nc1ccccc1F. The Hall–Kier alpha value is -3.40. The van der Waals surface area contributed by atoms with Crippen LogP contribution in [0.25, 0.3) is 16.8 Å². The summed E-state index contributed by atoms with van der Waals surface area (Å²) in [7, 11) is 0. The molecular weight excluding hydrogens is 455 g/mol. The maximum Gasteiger partial charge on any atom is 0.240 e. The number of hydrogen-bond acceptors (Lipinski definition) is 5. The summed E-state index contributed by atoms with van der Waals surface area (Å²) in [6.07, 6.45) is 5.57. The van der Waals surface area contributed by atoms with Gasteiger partial charge in [-0.1, -0.05) is 55.3 Å². The quantitative estimate of drug-likeness (QED) is 0.390. The van der Waals surface area contributed by atoms with Gasteiger partial charge in [0.05, 0.1) is 22.5 Å². The Morgan fingerprint density at radius 3 is 2.50 bits per heavy atom. The highest BCUT2D eigenvalue weighted by Gasteiger charge is 2.21. The average Bonchev–Trinajstić information content (AvgIpc) is 3.39. The minimum atomic E-state index is -0.486. The topological polar surface area (TPSA) is 93.3 Å². The van der Waals surface area contributed by atoms with Crippen LogP contribution in [0.3, 0.4) is 0 Å². The van der Waals surface area contributed by atoms with Crippen LogP contribution in [0.4, 0.5) is 10.1 Å². The number of fused-ring (bicyclic) bond motifs is 3. The number of hydrogen-bond donors (Lipinski definition) is 2. The van der Waals surface area contributed by atoms with Crippen molar-refractivity contribution in [3.05, 3.63) is 54.3 Å². The minimum absolute atomic E-state index is 0.0385. The lowest BCUT2D eigenvalue weighted by atomic mass is 9.95. The number of benzene rings is 2. The molecule has 176 valence electrons. The molecule has 0 bridgehead atoms. The van der Waals surface area contributed by atoms with Crippen molar-refractivity contribution in [2.75, 3.05) is 11.1 Å². The zero-order valence-electron chi connectivity index (χ0n) is 18.5. The number of nitrogens with one attached hydrogen (secondary N) is 2. The van der Waals surface area contributed by atoms with Gasteiger partial charge in [0.15, 0.2) is 5.16 Å². The number of para-hydroxylation sites is 3. The molecule has 0 saturated heterocycles. The fraction of sp³-hybridized carbons (Fsp3) is 0.333. The standard InChI is InChI=1S/C24H25FN6O2S/c25-17-10-4-5-11-18(17)27-22(33)15-34-24-29-28-23-30(19-12-6-7-13-20(19)31(23)24)14-21(32)26-16-8-2-1-3-9-16/h4-7,10-13,16H,1-3,8-9,14-15H2,(H,26,32)(H,27,33). The number of aromatic nitrogens is 4. The maximum absolute atomic E-state index is 13.8. The molecule has 5 rings (SSSR count). The zero-order valence-corrected chi connectivity index (χ0v) is 19.4. The Bertz CT molecular complexity index is 1340. The largest absolute Gasteiger partial charge is 0.352 e. The Morgan fingerprint density at radius 1 is 0.971 bits per heavy atom. The fourth-order valence-corrected chi connectivity index (χ4v) is 5.17. The van der Waals surface area contributed by atoms with E-state index < -0.39 is 5.82 Å². The third kappa shape index (κ3) is 4.63. The van der Waals surface area contributed by atoms with Crippen molar-refractivity contribution in [2.45, 2.75) is 49.8 Å². The van der Waals surface area contributed by atoms with E-state index in [9.17, 15) is 14.0 Å². The highest BCUT2D eigenvalue weighted by Crippen LogP contribution is 2.26. The van der Waals surface area contributed by atoms with Gasteiger partial charge in [-0.05, 0) is 37.1 Å². The number of halogens is 1. The number of thioether (sulfide) groups is 1. The Kier molecular flexibility index (Phi) is 6.48. The van der Waals surface area contributed by atoms with E-state index in [-0.39, 0.29) is 35.8 Å². The smallest absolute Gasteiger partial charge is 0.240 e. The molecule has 2 aromatic heterocycles. The van der Waals surface area contributed by atoms with Crippen LogP contribution in [0, 0.1) is 5.82 Å². The monoisotopic (exact) mass is 480 g/mol. The molecule has 2 N–H and O–H groups in total. The van der Waals surface area contributed by atoms with Gasteiger partial charge in [-0.2, -0.15) is 0 Å². The van der Waals surface area contributed by atoms with Gasteiger partial charge >= 0.3 is 0 Å². The van der Waals surface area contributed by atoms with Crippen LogP contribution in [0.5, 0.6) is 0 Å². The second-order valence-corrected chi connectivity index (χ2v) is 9.35. The fourth-order valence-electron chi connectivity index (χ4n) is 4.43. The molecule has 1 saturated carbocycles. The lowest BCUT2D eigenvalue weighted by Crippen LogP contribution is -2.38. The lowest BCUT2D eigenvalue weighted by Gasteiger charge is -2.22. The molecular formula is C24H25FN6O2S. The molecule has 0 atom stereocenters. The predicted octanol–water partition coefficient (Wildman–Crippen LogP) is 4.00. The van der Waals surface area contributed by atoms with Crippen molar-refractivity contribution >= 4 is 46.1 Å². The van der Waals surface area contributed by atoms with Gasteiger partial charge in [0.25, 0.3) is 0 Å². The van der Waals surface area contributed by atoms with Crippen LogP contribution < -0.4 is 10.6 Å². The first kappa shape index (κ1) is 22.4. The van der Waals surface area contributed by atoms with Gasteiger partial charge in [-0.25, -0.2) is 4.39 Å². The third-order valence-corrected chi connectivity index (χ3v) is 6.95. The van der Waals surface area contributed by atoms with Crippen LogP contribution in [0.2, 0.25) is 0 Å². The molecule has 10 heteroatoms. The molecule has 4 aromatic rings. The molecule has 0 radical (unpaired) electrons. The number of anilines is 1.